The third-order valence-corrected chi connectivity index (χ3v) is 7.00. The number of aromatic hydroxyl groups is 1. The first-order valence-electron chi connectivity index (χ1n) is 11.0. The predicted octanol–water partition coefficient (Wildman–Crippen LogP) is 3.90. The molecule has 1 saturated heterocycles. The van der Waals surface area contributed by atoms with Crippen LogP contribution in [0.2, 0.25) is 0 Å². The molecule has 2 aliphatic heterocycles. The Kier molecular flexibility index (Phi) is 5.89. The van der Waals surface area contributed by atoms with Crippen LogP contribution in [0.1, 0.15) is 25.3 Å². The Morgan fingerprint density at radius 2 is 2.00 bits per heavy atom. The molecule has 1 aromatic heterocycles. The Balaban J connectivity index is 1.37. The van der Waals surface area contributed by atoms with Crippen LogP contribution >= 0.6 is 11.8 Å². The van der Waals surface area contributed by atoms with Crippen LogP contribution in [0.15, 0.2) is 53.7 Å². The molecule has 1 amide bonds. The third kappa shape index (κ3) is 4.12. The van der Waals surface area contributed by atoms with E-state index < -0.39 is 0 Å². The maximum Gasteiger partial charge on any atom is 0.237 e. The Bertz CT molecular complexity index is 1110. The number of carbonyl (C=O) groups is 1. The number of benzene rings is 2. The molecular formula is C24H26N4O3S. The van der Waals surface area contributed by atoms with Gasteiger partial charge in [0.15, 0.2) is 11.0 Å². The average Bonchev–Trinajstić information content (AvgIpc) is 3.52. The summed E-state index contributed by atoms with van der Waals surface area (Å²) in [5, 5.41) is 19.2. The molecule has 1 N–H and O–H groups in total. The molecule has 3 aromatic rings. The lowest BCUT2D eigenvalue weighted by atomic mass is 10.1. The average molecular weight is 451 g/mol. The number of ether oxygens (including phenoxy) is 1. The van der Waals surface area contributed by atoms with Crippen LogP contribution in [0.3, 0.4) is 0 Å². The second kappa shape index (κ2) is 8.96. The minimum absolute atomic E-state index is 0.0744. The fourth-order valence-corrected chi connectivity index (χ4v) is 5.32. The maximum absolute atomic E-state index is 13.2. The minimum atomic E-state index is 0.0744. The first-order chi connectivity index (χ1) is 15.6. The van der Waals surface area contributed by atoms with Gasteiger partial charge in [0.05, 0.1) is 18.4 Å². The molecule has 2 aliphatic rings. The summed E-state index contributed by atoms with van der Waals surface area (Å²) in [4.78, 5) is 15.1. The van der Waals surface area contributed by atoms with Gasteiger partial charge in [-0.1, -0.05) is 30.0 Å². The Morgan fingerprint density at radius 3 is 2.78 bits per heavy atom. The summed E-state index contributed by atoms with van der Waals surface area (Å²) >= 11 is 1.41. The molecule has 5 rings (SSSR count). The van der Waals surface area contributed by atoms with E-state index in [1.54, 1.807) is 12.1 Å². The van der Waals surface area contributed by atoms with Crippen molar-refractivity contribution in [2.75, 3.05) is 17.3 Å². The second-order valence-electron chi connectivity index (χ2n) is 8.33. The third-order valence-electron chi connectivity index (χ3n) is 6.05. The number of hydrogen-bond acceptors (Lipinski definition) is 6. The van der Waals surface area contributed by atoms with Gasteiger partial charge >= 0.3 is 0 Å². The fourth-order valence-electron chi connectivity index (χ4n) is 4.52. The standard InChI is InChI=1S/C24H26N4O3S/c1-16-13-18-5-2-3-7-21(18)28(16)22(30)15-32-24-26-25-23(17-8-10-19(29)11-9-17)27(24)14-20-6-4-12-31-20/h2-3,5,7-11,16,20,29H,4,6,12-15H2,1H3/t16-,20+/m1/s1. The lowest BCUT2D eigenvalue weighted by Crippen LogP contribution is -2.37. The van der Waals surface area contributed by atoms with Gasteiger partial charge in [0.25, 0.3) is 0 Å². The van der Waals surface area contributed by atoms with Crippen LogP contribution in [-0.4, -0.2) is 50.3 Å². The van der Waals surface area contributed by atoms with Gasteiger partial charge in [-0.05, 0) is 62.1 Å². The molecule has 2 atom stereocenters. The lowest BCUT2D eigenvalue weighted by Gasteiger charge is -2.22. The van der Waals surface area contributed by atoms with E-state index in [1.807, 2.05) is 39.8 Å². The molecule has 0 saturated carbocycles. The molecule has 8 heteroatoms. The SMILES string of the molecule is C[C@@H]1Cc2ccccc2N1C(=O)CSc1nnc(-c2ccc(O)cc2)n1C[C@@H]1CCCO1. The van der Waals surface area contributed by atoms with Gasteiger partial charge in [0, 0.05) is 23.9 Å². The van der Waals surface area contributed by atoms with E-state index in [2.05, 4.69) is 23.2 Å². The molecule has 0 aliphatic carbocycles. The summed E-state index contributed by atoms with van der Waals surface area (Å²) in [5.41, 5.74) is 3.10. The highest BCUT2D eigenvalue weighted by Gasteiger charge is 2.31. The van der Waals surface area contributed by atoms with Crippen LogP contribution in [-0.2, 0) is 22.5 Å². The monoisotopic (exact) mass is 450 g/mol. The number of rotatable bonds is 6. The normalized spacial score (nSPS) is 20.0. The van der Waals surface area contributed by atoms with Crippen molar-refractivity contribution < 1.29 is 14.6 Å². The topological polar surface area (TPSA) is 80.5 Å². The van der Waals surface area contributed by atoms with Crippen molar-refractivity contribution in [3.8, 4) is 17.1 Å². The molecule has 32 heavy (non-hydrogen) atoms. The smallest absolute Gasteiger partial charge is 0.237 e. The highest BCUT2D eigenvalue weighted by Crippen LogP contribution is 2.33. The summed E-state index contributed by atoms with van der Waals surface area (Å²) in [5.74, 6) is 1.29. The Morgan fingerprint density at radius 1 is 1.19 bits per heavy atom. The quantitative estimate of drug-likeness (QED) is 0.574. The van der Waals surface area contributed by atoms with Gasteiger partial charge in [0.1, 0.15) is 5.75 Å². The minimum Gasteiger partial charge on any atom is -0.508 e. The highest BCUT2D eigenvalue weighted by atomic mass is 32.2. The predicted molar refractivity (Wildman–Crippen MR) is 124 cm³/mol. The van der Waals surface area contributed by atoms with Crippen molar-refractivity contribution >= 4 is 23.4 Å². The van der Waals surface area contributed by atoms with E-state index in [4.69, 9.17) is 4.74 Å². The van der Waals surface area contributed by atoms with Gasteiger partial charge in [-0.25, -0.2) is 0 Å². The van der Waals surface area contributed by atoms with Gasteiger partial charge in [-0.2, -0.15) is 0 Å². The highest BCUT2D eigenvalue weighted by molar-refractivity contribution is 7.99. The molecule has 1 fully saturated rings. The summed E-state index contributed by atoms with van der Waals surface area (Å²) < 4.78 is 7.89. The molecule has 0 bridgehead atoms. The number of amides is 1. The van der Waals surface area contributed by atoms with E-state index in [1.165, 1.54) is 17.3 Å². The number of para-hydroxylation sites is 1. The number of carbonyl (C=O) groups excluding carboxylic acids is 1. The number of phenolic OH excluding ortho intramolecular Hbond substituents is 1. The van der Waals surface area contributed by atoms with Gasteiger partial charge in [0.2, 0.25) is 5.91 Å². The number of aromatic nitrogens is 3. The molecule has 0 radical (unpaired) electrons. The van der Waals surface area contributed by atoms with Gasteiger partial charge in [-0.15, -0.1) is 10.2 Å². The van der Waals surface area contributed by atoms with Gasteiger partial charge < -0.3 is 14.7 Å². The van der Waals surface area contributed by atoms with Crippen molar-refractivity contribution in [3.05, 3.63) is 54.1 Å². The van der Waals surface area contributed by atoms with Crippen LogP contribution < -0.4 is 4.90 Å². The van der Waals surface area contributed by atoms with Crippen LogP contribution in [0, 0.1) is 0 Å². The first-order valence-corrected chi connectivity index (χ1v) is 12.0. The molecule has 3 heterocycles. The van der Waals surface area contributed by atoms with Crippen molar-refractivity contribution in [1.82, 2.24) is 14.8 Å². The first kappa shape index (κ1) is 21.0. The molecule has 7 nitrogen and oxygen atoms in total. The number of anilines is 1. The van der Waals surface area contributed by atoms with Crippen LogP contribution in [0.25, 0.3) is 11.4 Å². The molecular weight excluding hydrogens is 424 g/mol. The van der Waals surface area contributed by atoms with Crippen LogP contribution in [0.5, 0.6) is 5.75 Å². The fraction of sp³-hybridized carbons (Fsp3) is 0.375. The van der Waals surface area contributed by atoms with E-state index >= 15 is 0 Å². The zero-order valence-electron chi connectivity index (χ0n) is 18.0. The summed E-state index contributed by atoms with van der Waals surface area (Å²) in [6, 6.07) is 15.2. The molecule has 2 aromatic carbocycles. The lowest BCUT2D eigenvalue weighted by molar-refractivity contribution is -0.116. The van der Waals surface area contributed by atoms with Crippen LogP contribution in [0.4, 0.5) is 5.69 Å². The van der Waals surface area contributed by atoms with Gasteiger partial charge in [-0.3, -0.25) is 9.36 Å². The number of phenols is 1. The second-order valence-corrected chi connectivity index (χ2v) is 9.28. The summed E-state index contributed by atoms with van der Waals surface area (Å²) in [7, 11) is 0. The number of fused-ring (bicyclic) bond motifs is 1. The molecule has 0 spiro atoms. The molecule has 0 unspecified atom stereocenters. The largest absolute Gasteiger partial charge is 0.508 e. The Hall–Kier alpha value is -2.84. The zero-order valence-corrected chi connectivity index (χ0v) is 18.8. The van der Waals surface area contributed by atoms with Crippen molar-refractivity contribution in [1.29, 1.82) is 0 Å². The Labute approximate surface area is 191 Å². The molecule has 166 valence electrons. The van der Waals surface area contributed by atoms with E-state index in [9.17, 15) is 9.90 Å². The summed E-state index contributed by atoms with van der Waals surface area (Å²) in [6.07, 6.45) is 3.04. The van der Waals surface area contributed by atoms with E-state index in [0.717, 1.165) is 42.9 Å². The van der Waals surface area contributed by atoms with E-state index in [-0.39, 0.29) is 29.6 Å². The number of thioether (sulfide) groups is 1. The number of nitrogens with zero attached hydrogens (tertiary/aromatic N) is 4. The van der Waals surface area contributed by atoms with Crippen molar-refractivity contribution in [2.45, 2.75) is 50.0 Å². The zero-order chi connectivity index (χ0) is 22.1. The maximum atomic E-state index is 13.2. The number of hydrogen-bond donors (Lipinski definition) is 1. The summed E-state index contributed by atoms with van der Waals surface area (Å²) in [6.45, 7) is 3.50. The van der Waals surface area contributed by atoms with E-state index in [0.29, 0.717) is 11.7 Å². The van der Waals surface area contributed by atoms with Crippen molar-refractivity contribution in [3.63, 3.8) is 0 Å². The van der Waals surface area contributed by atoms with Crippen molar-refractivity contribution in [2.24, 2.45) is 0 Å².